The quantitative estimate of drug-likeness (QED) is 0.0222. The lowest BCUT2D eigenvalue weighted by atomic mass is 10.0. The van der Waals surface area contributed by atoms with Crippen molar-refractivity contribution in [3.05, 3.63) is 0 Å². The number of aliphatic hydroxyl groups is 1. The summed E-state index contributed by atoms with van der Waals surface area (Å²) in [6, 6.07) is 0. The summed E-state index contributed by atoms with van der Waals surface area (Å²) in [5, 5.41) is 10.5. The number of carbonyl (C=O) groups excluding carboxylic acids is 4. The van der Waals surface area contributed by atoms with Crippen LogP contribution in [0.1, 0.15) is 317 Å². The van der Waals surface area contributed by atoms with Gasteiger partial charge in [-0.05, 0) is 31.6 Å². The number of carbonyl (C=O) groups is 4. The molecular weight excluding hydrogens is 1090 g/mol. The van der Waals surface area contributed by atoms with Crippen LogP contribution in [0.5, 0.6) is 0 Å². The predicted molar refractivity (Wildman–Crippen MR) is 326 cm³/mol. The number of esters is 4. The van der Waals surface area contributed by atoms with Crippen molar-refractivity contribution < 1.29 is 80.2 Å². The van der Waals surface area contributed by atoms with Crippen molar-refractivity contribution in [1.29, 1.82) is 0 Å². The van der Waals surface area contributed by atoms with Gasteiger partial charge >= 0.3 is 39.5 Å². The van der Waals surface area contributed by atoms with E-state index in [0.29, 0.717) is 25.7 Å². The third-order valence-electron chi connectivity index (χ3n) is 14.5. The normalized spacial score (nSPS) is 14.3. The van der Waals surface area contributed by atoms with Gasteiger partial charge in [0, 0.05) is 25.7 Å². The molecule has 0 rings (SSSR count). The number of aliphatic hydroxyl groups excluding tert-OH is 1. The highest BCUT2D eigenvalue weighted by atomic mass is 31.2. The lowest BCUT2D eigenvalue weighted by molar-refractivity contribution is -0.161. The van der Waals surface area contributed by atoms with Gasteiger partial charge in [0.25, 0.3) is 0 Å². The first kappa shape index (κ1) is 80.1. The monoisotopic (exact) mass is 1210 g/mol. The lowest BCUT2D eigenvalue weighted by Gasteiger charge is -2.21. The molecule has 0 aromatic heterocycles. The molecule has 0 fully saturated rings. The van der Waals surface area contributed by atoms with Crippen LogP contribution in [0.15, 0.2) is 0 Å². The molecule has 0 radical (unpaired) electrons. The van der Waals surface area contributed by atoms with Crippen LogP contribution >= 0.6 is 15.6 Å². The summed E-state index contributed by atoms with van der Waals surface area (Å²) >= 11 is 0. The number of hydrogen-bond donors (Lipinski definition) is 3. The highest BCUT2D eigenvalue weighted by molar-refractivity contribution is 7.47. The van der Waals surface area contributed by atoms with E-state index < -0.39 is 97.5 Å². The van der Waals surface area contributed by atoms with Crippen LogP contribution in [0.25, 0.3) is 0 Å². The average molecular weight is 1210 g/mol. The summed E-state index contributed by atoms with van der Waals surface area (Å²) in [4.78, 5) is 71.6. The summed E-state index contributed by atoms with van der Waals surface area (Å²) in [6.45, 7) is 6.96. The molecule has 3 N–H and O–H groups in total. The number of unbranched alkanes of at least 4 members (excludes halogenated alkanes) is 35. The van der Waals surface area contributed by atoms with Gasteiger partial charge in [0.2, 0.25) is 0 Å². The van der Waals surface area contributed by atoms with Gasteiger partial charge in [-0.25, -0.2) is 9.13 Å². The van der Waals surface area contributed by atoms with Crippen LogP contribution in [0, 0.1) is 5.92 Å². The van der Waals surface area contributed by atoms with Crippen LogP contribution in [0.3, 0.4) is 0 Å². The van der Waals surface area contributed by atoms with Crippen LogP contribution in [0.4, 0.5) is 0 Å². The molecule has 0 saturated carbocycles. The van der Waals surface area contributed by atoms with E-state index >= 15 is 0 Å². The van der Waals surface area contributed by atoms with Gasteiger partial charge in [-0.1, -0.05) is 266 Å². The third-order valence-corrected chi connectivity index (χ3v) is 16.4. The van der Waals surface area contributed by atoms with Gasteiger partial charge in [-0.15, -0.1) is 0 Å². The zero-order valence-corrected chi connectivity index (χ0v) is 54.4. The zero-order chi connectivity index (χ0) is 60.6. The van der Waals surface area contributed by atoms with Gasteiger partial charge in [0.1, 0.15) is 19.3 Å². The van der Waals surface area contributed by atoms with Crippen LogP contribution in [-0.4, -0.2) is 96.7 Å². The molecule has 0 aromatic carbocycles. The van der Waals surface area contributed by atoms with Crippen molar-refractivity contribution in [2.75, 3.05) is 39.6 Å². The van der Waals surface area contributed by atoms with Crippen LogP contribution in [0.2, 0.25) is 0 Å². The number of rotatable bonds is 63. The van der Waals surface area contributed by atoms with Crippen molar-refractivity contribution >= 4 is 39.5 Å². The molecule has 486 valence electrons. The minimum Gasteiger partial charge on any atom is -0.462 e. The van der Waals surface area contributed by atoms with Crippen molar-refractivity contribution in [2.24, 2.45) is 5.92 Å². The van der Waals surface area contributed by atoms with Crippen molar-refractivity contribution in [2.45, 2.75) is 335 Å². The molecule has 82 heavy (non-hydrogen) atoms. The fourth-order valence-electron chi connectivity index (χ4n) is 9.41. The van der Waals surface area contributed by atoms with Crippen LogP contribution < -0.4 is 0 Å². The van der Waals surface area contributed by atoms with Gasteiger partial charge in [0.15, 0.2) is 12.2 Å². The van der Waals surface area contributed by atoms with E-state index in [-0.39, 0.29) is 25.7 Å². The van der Waals surface area contributed by atoms with Crippen molar-refractivity contribution in [3.63, 3.8) is 0 Å². The number of phosphoric acid groups is 2. The zero-order valence-electron chi connectivity index (χ0n) is 52.6. The van der Waals surface area contributed by atoms with Crippen LogP contribution in [-0.2, 0) is 65.4 Å². The summed E-state index contributed by atoms with van der Waals surface area (Å²) in [7, 11) is -9.86. The molecule has 0 bridgehead atoms. The average Bonchev–Trinajstić information content (AvgIpc) is 3.44. The maximum absolute atomic E-state index is 13.0. The Labute approximate surface area is 498 Å². The first-order valence-corrected chi connectivity index (χ1v) is 36.1. The fourth-order valence-corrected chi connectivity index (χ4v) is 11.0. The summed E-state index contributed by atoms with van der Waals surface area (Å²) < 4.78 is 67.5. The van der Waals surface area contributed by atoms with Crippen molar-refractivity contribution in [3.8, 4) is 0 Å². The Morgan fingerprint density at radius 2 is 0.561 bits per heavy atom. The largest absolute Gasteiger partial charge is 0.472 e. The molecule has 0 saturated heterocycles. The Morgan fingerprint density at radius 3 is 0.829 bits per heavy atom. The molecule has 0 amide bonds. The maximum atomic E-state index is 13.0. The standard InChI is InChI=1S/C63H122O17P2/c1-6-9-12-15-16-17-18-19-20-21-22-23-24-25-26-27-28-29-34-39-44-49-63(68)80-59(53-74-61(66)47-42-38-33-31-30-32-37-40-45-56(4)5)55-78-82(71,72)76-51-57(64)50-75-81(69,70)77-54-58(79-62(67)48-43-36-14-11-8-3)52-73-60(65)46-41-35-13-10-7-2/h56-59,64H,6-55H2,1-5H3,(H,69,70)(H,71,72)/t57-,58+,59+/m0/s1. The Morgan fingerprint density at radius 1 is 0.329 bits per heavy atom. The van der Waals surface area contributed by atoms with Gasteiger partial charge in [-0.2, -0.15) is 0 Å². The third kappa shape index (κ3) is 57.2. The van der Waals surface area contributed by atoms with E-state index in [4.69, 9.17) is 37.0 Å². The molecule has 0 heterocycles. The Kier molecular flexibility index (Phi) is 55.5. The molecule has 2 unspecified atom stereocenters. The maximum Gasteiger partial charge on any atom is 0.472 e. The second kappa shape index (κ2) is 56.8. The van der Waals surface area contributed by atoms with E-state index in [2.05, 4.69) is 34.6 Å². The second-order valence-corrected chi connectivity index (χ2v) is 26.2. The van der Waals surface area contributed by atoms with E-state index in [1.807, 2.05) is 0 Å². The van der Waals surface area contributed by atoms with Gasteiger partial charge in [0.05, 0.1) is 26.4 Å². The molecule has 0 aliphatic heterocycles. The molecule has 5 atom stereocenters. The first-order valence-electron chi connectivity index (χ1n) is 33.1. The Balaban J connectivity index is 5.02. The topological polar surface area (TPSA) is 237 Å². The number of phosphoric ester groups is 2. The summed E-state index contributed by atoms with van der Waals surface area (Å²) in [6.07, 6.45) is 41.4. The Hall–Kier alpha value is -1.94. The predicted octanol–water partition coefficient (Wildman–Crippen LogP) is 17.4. The number of ether oxygens (including phenoxy) is 4. The lowest BCUT2D eigenvalue weighted by Crippen LogP contribution is -2.30. The molecule has 0 aliphatic carbocycles. The molecule has 17 nitrogen and oxygen atoms in total. The van der Waals surface area contributed by atoms with E-state index in [1.165, 1.54) is 135 Å². The van der Waals surface area contributed by atoms with E-state index in [0.717, 1.165) is 102 Å². The summed E-state index contributed by atoms with van der Waals surface area (Å²) in [5.74, 6) is -1.43. The number of hydrogen-bond acceptors (Lipinski definition) is 15. The van der Waals surface area contributed by atoms with Crippen molar-refractivity contribution in [1.82, 2.24) is 0 Å². The highest BCUT2D eigenvalue weighted by Crippen LogP contribution is 2.45. The van der Waals surface area contributed by atoms with E-state index in [1.54, 1.807) is 0 Å². The highest BCUT2D eigenvalue weighted by Gasteiger charge is 2.30. The molecule has 19 heteroatoms. The SMILES string of the molecule is CCCCCCCCCCCCCCCCCCCCCCCC(=O)O[C@H](COC(=O)CCCCCCCCCCC(C)C)COP(=O)(O)OC[C@@H](O)COP(=O)(O)OC[C@@H](COC(=O)CCCCCCC)OC(=O)CCCCCCC. The fraction of sp³-hybridized carbons (Fsp3) is 0.937. The molecule has 0 aromatic rings. The molecular formula is C63H122O17P2. The van der Waals surface area contributed by atoms with Gasteiger partial charge < -0.3 is 33.8 Å². The second-order valence-electron chi connectivity index (χ2n) is 23.3. The summed E-state index contributed by atoms with van der Waals surface area (Å²) in [5.41, 5.74) is 0. The minimum atomic E-state index is -4.94. The van der Waals surface area contributed by atoms with E-state index in [9.17, 15) is 43.2 Å². The Bertz CT molecular complexity index is 1600. The smallest absolute Gasteiger partial charge is 0.462 e. The molecule has 0 aliphatic rings. The molecule has 0 spiro atoms. The van der Waals surface area contributed by atoms with Gasteiger partial charge in [-0.3, -0.25) is 37.3 Å². The first-order chi connectivity index (χ1) is 39.5. The minimum absolute atomic E-state index is 0.0988.